The number of nitrogens with zero attached hydrogens (tertiary/aromatic N) is 3. The van der Waals surface area contributed by atoms with Gasteiger partial charge in [-0.25, -0.2) is 4.98 Å². The lowest BCUT2D eigenvalue weighted by Gasteiger charge is -1.96. The molecule has 3 nitrogen and oxygen atoms in total. The minimum Gasteiger partial charge on any atom is -0.307 e. The van der Waals surface area contributed by atoms with E-state index in [-0.39, 0.29) is 0 Å². The van der Waals surface area contributed by atoms with E-state index in [0.29, 0.717) is 6.42 Å². The van der Waals surface area contributed by atoms with Gasteiger partial charge in [-0.3, -0.25) is 0 Å². The van der Waals surface area contributed by atoms with Crippen LogP contribution in [0.15, 0.2) is 30.7 Å². The first-order chi connectivity index (χ1) is 5.92. The second-order valence-corrected chi connectivity index (χ2v) is 2.53. The van der Waals surface area contributed by atoms with Crippen molar-refractivity contribution in [3.8, 4) is 6.07 Å². The zero-order valence-electron chi connectivity index (χ0n) is 6.44. The molecule has 0 aliphatic heterocycles. The molecule has 2 heterocycles. The van der Waals surface area contributed by atoms with Crippen LogP contribution in [0.3, 0.4) is 0 Å². The SMILES string of the molecule is N#CCc1cccn2ccnc12. The Labute approximate surface area is 69.9 Å². The summed E-state index contributed by atoms with van der Waals surface area (Å²) in [6, 6.07) is 5.95. The minimum absolute atomic E-state index is 0.418. The molecule has 0 fully saturated rings. The maximum Gasteiger partial charge on any atom is 0.140 e. The average Bonchev–Trinajstić information content (AvgIpc) is 2.53. The van der Waals surface area contributed by atoms with Crippen LogP contribution in [0.5, 0.6) is 0 Å². The zero-order valence-corrected chi connectivity index (χ0v) is 6.44. The van der Waals surface area contributed by atoms with Crippen LogP contribution in [0.4, 0.5) is 0 Å². The van der Waals surface area contributed by atoms with Crippen LogP contribution in [0.2, 0.25) is 0 Å². The molecule has 2 aromatic rings. The van der Waals surface area contributed by atoms with Crippen LogP contribution in [-0.2, 0) is 6.42 Å². The zero-order chi connectivity index (χ0) is 8.39. The summed E-state index contributed by atoms with van der Waals surface area (Å²) in [6.07, 6.45) is 5.94. The van der Waals surface area contributed by atoms with Crippen molar-refractivity contribution in [1.29, 1.82) is 5.26 Å². The number of aromatic nitrogens is 2. The van der Waals surface area contributed by atoms with Gasteiger partial charge in [0.15, 0.2) is 0 Å². The molecule has 0 radical (unpaired) electrons. The summed E-state index contributed by atoms with van der Waals surface area (Å²) < 4.78 is 1.91. The van der Waals surface area contributed by atoms with E-state index in [2.05, 4.69) is 11.1 Å². The predicted octanol–water partition coefficient (Wildman–Crippen LogP) is 1.40. The van der Waals surface area contributed by atoms with E-state index in [1.165, 1.54) is 0 Å². The molecule has 0 aliphatic rings. The molecule has 3 heteroatoms. The first kappa shape index (κ1) is 6.86. The number of fused-ring (bicyclic) bond motifs is 1. The monoisotopic (exact) mass is 157 g/mol. The summed E-state index contributed by atoms with van der Waals surface area (Å²) in [5.74, 6) is 0. The third-order valence-electron chi connectivity index (χ3n) is 1.77. The third kappa shape index (κ3) is 0.940. The molecule has 0 bridgehead atoms. The highest BCUT2D eigenvalue weighted by atomic mass is 15.0. The van der Waals surface area contributed by atoms with Gasteiger partial charge >= 0.3 is 0 Å². The largest absolute Gasteiger partial charge is 0.307 e. The molecule has 0 N–H and O–H groups in total. The first-order valence-corrected chi connectivity index (χ1v) is 3.69. The van der Waals surface area contributed by atoms with Crippen LogP contribution >= 0.6 is 0 Å². The maximum absolute atomic E-state index is 8.53. The smallest absolute Gasteiger partial charge is 0.140 e. The Kier molecular flexibility index (Phi) is 1.52. The molecule has 58 valence electrons. The van der Waals surface area contributed by atoms with Crippen molar-refractivity contribution in [3.63, 3.8) is 0 Å². The van der Waals surface area contributed by atoms with Gasteiger partial charge in [-0.15, -0.1) is 0 Å². The summed E-state index contributed by atoms with van der Waals surface area (Å²) in [4.78, 5) is 4.15. The molecule has 0 atom stereocenters. The van der Waals surface area contributed by atoms with Gasteiger partial charge in [-0.05, 0) is 6.07 Å². The van der Waals surface area contributed by atoms with Gasteiger partial charge in [-0.2, -0.15) is 5.26 Å². The average molecular weight is 157 g/mol. The lowest BCUT2D eigenvalue weighted by molar-refractivity contribution is 1.14. The standard InChI is InChI=1S/C9H7N3/c10-4-3-8-2-1-6-12-7-5-11-9(8)12/h1-2,5-7H,3H2. The van der Waals surface area contributed by atoms with E-state index in [4.69, 9.17) is 5.26 Å². The van der Waals surface area contributed by atoms with Gasteiger partial charge in [0.2, 0.25) is 0 Å². The Morgan fingerprint density at radius 2 is 2.42 bits per heavy atom. The number of hydrogen-bond acceptors (Lipinski definition) is 2. The lowest BCUT2D eigenvalue weighted by atomic mass is 10.2. The normalized spacial score (nSPS) is 9.92. The van der Waals surface area contributed by atoms with Crippen molar-refractivity contribution < 1.29 is 0 Å². The van der Waals surface area contributed by atoms with E-state index in [9.17, 15) is 0 Å². The number of nitriles is 1. The number of pyridine rings is 1. The Morgan fingerprint density at radius 1 is 1.50 bits per heavy atom. The fourth-order valence-corrected chi connectivity index (χ4v) is 1.23. The summed E-state index contributed by atoms with van der Waals surface area (Å²) >= 11 is 0. The Balaban J connectivity index is 2.67. The van der Waals surface area contributed by atoms with Crippen molar-refractivity contribution in [1.82, 2.24) is 9.38 Å². The second-order valence-electron chi connectivity index (χ2n) is 2.53. The van der Waals surface area contributed by atoms with Gasteiger partial charge in [0, 0.05) is 24.2 Å². The van der Waals surface area contributed by atoms with Crippen LogP contribution in [0.25, 0.3) is 5.65 Å². The molecule has 0 aromatic carbocycles. The van der Waals surface area contributed by atoms with Crippen molar-refractivity contribution >= 4 is 5.65 Å². The maximum atomic E-state index is 8.53. The van der Waals surface area contributed by atoms with Crippen LogP contribution in [0.1, 0.15) is 5.56 Å². The highest BCUT2D eigenvalue weighted by Gasteiger charge is 1.99. The van der Waals surface area contributed by atoms with E-state index in [0.717, 1.165) is 11.2 Å². The number of hydrogen-bond donors (Lipinski definition) is 0. The molecule has 2 rings (SSSR count). The fourth-order valence-electron chi connectivity index (χ4n) is 1.23. The summed E-state index contributed by atoms with van der Waals surface area (Å²) in [5.41, 5.74) is 1.85. The number of imidazole rings is 1. The second kappa shape index (κ2) is 2.67. The molecule has 0 spiro atoms. The minimum atomic E-state index is 0.418. The lowest BCUT2D eigenvalue weighted by Crippen LogP contribution is -1.89. The van der Waals surface area contributed by atoms with Crippen molar-refractivity contribution in [2.45, 2.75) is 6.42 Å². The van der Waals surface area contributed by atoms with E-state index in [1.807, 2.05) is 28.9 Å². The molecule has 0 saturated carbocycles. The first-order valence-electron chi connectivity index (χ1n) is 3.69. The van der Waals surface area contributed by atoms with E-state index >= 15 is 0 Å². The molecule has 0 unspecified atom stereocenters. The van der Waals surface area contributed by atoms with Crippen LogP contribution < -0.4 is 0 Å². The molecule has 0 aliphatic carbocycles. The molecule has 0 amide bonds. The fraction of sp³-hybridized carbons (Fsp3) is 0.111. The summed E-state index contributed by atoms with van der Waals surface area (Å²) in [5, 5.41) is 8.53. The van der Waals surface area contributed by atoms with E-state index in [1.54, 1.807) is 6.20 Å². The van der Waals surface area contributed by atoms with Gasteiger partial charge in [-0.1, -0.05) is 6.07 Å². The molecular formula is C9H7N3. The summed E-state index contributed by atoms with van der Waals surface area (Å²) in [6.45, 7) is 0. The Bertz CT molecular complexity index is 436. The highest BCUT2D eigenvalue weighted by molar-refractivity contribution is 5.48. The molecule has 2 aromatic heterocycles. The Hall–Kier alpha value is -1.82. The van der Waals surface area contributed by atoms with Gasteiger partial charge in [0.05, 0.1) is 12.5 Å². The van der Waals surface area contributed by atoms with Crippen LogP contribution in [-0.4, -0.2) is 9.38 Å². The van der Waals surface area contributed by atoms with Gasteiger partial charge < -0.3 is 4.40 Å². The van der Waals surface area contributed by atoms with Crippen molar-refractivity contribution in [2.24, 2.45) is 0 Å². The third-order valence-corrected chi connectivity index (χ3v) is 1.77. The Morgan fingerprint density at radius 3 is 3.25 bits per heavy atom. The number of rotatable bonds is 1. The molecule has 12 heavy (non-hydrogen) atoms. The van der Waals surface area contributed by atoms with Gasteiger partial charge in [0.25, 0.3) is 0 Å². The molecule has 0 saturated heterocycles. The van der Waals surface area contributed by atoms with E-state index < -0.39 is 0 Å². The predicted molar refractivity (Wildman–Crippen MR) is 44.5 cm³/mol. The van der Waals surface area contributed by atoms with Crippen LogP contribution in [0, 0.1) is 11.3 Å². The molecular weight excluding hydrogens is 150 g/mol. The highest BCUT2D eigenvalue weighted by Crippen LogP contribution is 2.08. The van der Waals surface area contributed by atoms with Gasteiger partial charge in [0.1, 0.15) is 5.65 Å². The van der Waals surface area contributed by atoms with Crippen molar-refractivity contribution in [2.75, 3.05) is 0 Å². The summed E-state index contributed by atoms with van der Waals surface area (Å²) in [7, 11) is 0. The van der Waals surface area contributed by atoms with Crippen molar-refractivity contribution in [3.05, 3.63) is 36.3 Å². The quantitative estimate of drug-likeness (QED) is 0.627. The topological polar surface area (TPSA) is 41.1 Å².